The molecule has 0 aliphatic carbocycles. The van der Waals surface area contributed by atoms with Gasteiger partial charge in [0.1, 0.15) is 0 Å². The van der Waals surface area contributed by atoms with E-state index in [0.717, 1.165) is 11.3 Å². The molecule has 7 heteroatoms. The fourth-order valence-corrected chi connectivity index (χ4v) is 2.48. The van der Waals surface area contributed by atoms with Gasteiger partial charge in [-0.1, -0.05) is 23.7 Å². The summed E-state index contributed by atoms with van der Waals surface area (Å²) in [5.74, 6) is 0.865. The van der Waals surface area contributed by atoms with E-state index in [1.807, 2.05) is 26.0 Å². The Morgan fingerprint density at radius 1 is 1.38 bits per heavy atom. The molecule has 0 unspecified atom stereocenters. The Bertz CT molecular complexity index is 861. The summed E-state index contributed by atoms with van der Waals surface area (Å²) in [6, 6.07) is 9.00. The van der Waals surface area contributed by atoms with E-state index >= 15 is 0 Å². The van der Waals surface area contributed by atoms with Gasteiger partial charge in [0.2, 0.25) is 11.7 Å². The van der Waals surface area contributed by atoms with Crippen LogP contribution in [0, 0.1) is 6.92 Å². The van der Waals surface area contributed by atoms with Crippen LogP contribution in [0.3, 0.4) is 0 Å². The zero-order valence-electron chi connectivity index (χ0n) is 13.4. The minimum atomic E-state index is -0.208. The van der Waals surface area contributed by atoms with E-state index in [-0.39, 0.29) is 18.6 Å². The number of carbonyl (C=O) groups is 1. The predicted octanol–water partition coefficient (Wildman–Crippen LogP) is 2.95. The number of benzene rings is 1. The van der Waals surface area contributed by atoms with Crippen molar-refractivity contribution < 1.29 is 9.53 Å². The lowest BCUT2D eigenvalue weighted by atomic mass is 10.1. The first-order chi connectivity index (χ1) is 11.5. The molecule has 0 radical (unpaired) electrons. The molecule has 1 aromatic carbocycles. The van der Waals surface area contributed by atoms with Gasteiger partial charge >= 0.3 is 0 Å². The number of rotatable bonds is 5. The number of ether oxygens (including phenoxy) is 1. The van der Waals surface area contributed by atoms with E-state index in [1.165, 1.54) is 0 Å². The standard InChI is InChI=1S/C17H17ClN4O2/c1-11-9-16(22-8-7-19-17(22)20-11)24-10-15(23)21-12(2)13-3-5-14(18)6-4-13/h3-9,12H,10H2,1-2H3,(H,21,23)/t12-/m0/s1. The molecule has 0 saturated carbocycles. The van der Waals surface area contributed by atoms with Crippen LogP contribution in [0.2, 0.25) is 5.02 Å². The molecular formula is C17H17ClN4O2. The van der Waals surface area contributed by atoms with Gasteiger partial charge in [0.05, 0.1) is 6.04 Å². The third-order valence-corrected chi connectivity index (χ3v) is 3.82. The van der Waals surface area contributed by atoms with Gasteiger partial charge in [-0.05, 0) is 31.5 Å². The van der Waals surface area contributed by atoms with E-state index < -0.39 is 0 Å². The molecule has 24 heavy (non-hydrogen) atoms. The third kappa shape index (κ3) is 3.65. The Hall–Kier alpha value is -2.60. The number of amides is 1. The molecule has 3 rings (SSSR count). The van der Waals surface area contributed by atoms with Crippen LogP contribution in [0.25, 0.3) is 5.78 Å². The Kier molecular flexibility index (Phi) is 4.66. The van der Waals surface area contributed by atoms with E-state index in [0.29, 0.717) is 16.7 Å². The molecule has 124 valence electrons. The number of halogens is 1. The number of nitrogens with one attached hydrogen (secondary N) is 1. The van der Waals surface area contributed by atoms with Gasteiger partial charge in [-0.3, -0.25) is 9.20 Å². The quantitative estimate of drug-likeness (QED) is 0.772. The average molecular weight is 345 g/mol. The highest BCUT2D eigenvalue weighted by Crippen LogP contribution is 2.17. The first kappa shape index (κ1) is 16.3. The predicted molar refractivity (Wildman–Crippen MR) is 91.2 cm³/mol. The second kappa shape index (κ2) is 6.88. The number of hydrogen-bond acceptors (Lipinski definition) is 4. The number of aromatic nitrogens is 3. The SMILES string of the molecule is Cc1cc(OCC(=O)N[C@@H](C)c2ccc(Cl)cc2)n2ccnc2n1. The summed E-state index contributed by atoms with van der Waals surface area (Å²) >= 11 is 5.87. The second-order valence-corrected chi connectivity index (χ2v) is 5.90. The van der Waals surface area contributed by atoms with Gasteiger partial charge in [0.25, 0.3) is 5.91 Å². The maximum absolute atomic E-state index is 12.1. The molecule has 0 aliphatic heterocycles. The summed E-state index contributed by atoms with van der Waals surface area (Å²) in [5.41, 5.74) is 1.75. The molecule has 2 heterocycles. The first-order valence-corrected chi connectivity index (χ1v) is 7.89. The van der Waals surface area contributed by atoms with Crippen LogP contribution in [0.4, 0.5) is 0 Å². The topological polar surface area (TPSA) is 68.5 Å². The normalized spacial score (nSPS) is 12.1. The van der Waals surface area contributed by atoms with Crippen molar-refractivity contribution in [3.05, 3.63) is 59.0 Å². The molecule has 3 aromatic rings. The maximum atomic E-state index is 12.1. The lowest BCUT2D eigenvalue weighted by Gasteiger charge is -2.15. The highest BCUT2D eigenvalue weighted by atomic mass is 35.5. The van der Waals surface area contributed by atoms with Crippen molar-refractivity contribution in [2.75, 3.05) is 6.61 Å². The molecule has 1 N–H and O–H groups in total. The van der Waals surface area contributed by atoms with Crippen LogP contribution in [0.1, 0.15) is 24.2 Å². The molecule has 0 bridgehead atoms. The lowest BCUT2D eigenvalue weighted by Crippen LogP contribution is -2.31. The number of imidazole rings is 1. The maximum Gasteiger partial charge on any atom is 0.258 e. The van der Waals surface area contributed by atoms with Crippen LogP contribution in [0.5, 0.6) is 5.88 Å². The van der Waals surface area contributed by atoms with Gasteiger partial charge in [0, 0.05) is 29.2 Å². The zero-order valence-corrected chi connectivity index (χ0v) is 14.1. The summed E-state index contributed by atoms with van der Waals surface area (Å²) < 4.78 is 7.32. The summed E-state index contributed by atoms with van der Waals surface area (Å²) in [7, 11) is 0. The third-order valence-electron chi connectivity index (χ3n) is 3.57. The van der Waals surface area contributed by atoms with Gasteiger partial charge in [-0.2, -0.15) is 0 Å². The minimum Gasteiger partial charge on any atom is -0.468 e. The fraction of sp³-hybridized carbons (Fsp3) is 0.235. The van der Waals surface area contributed by atoms with Crippen LogP contribution in [-0.2, 0) is 4.79 Å². The number of carbonyl (C=O) groups excluding carboxylic acids is 1. The Morgan fingerprint density at radius 3 is 2.88 bits per heavy atom. The number of nitrogens with zero attached hydrogens (tertiary/aromatic N) is 3. The van der Waals surface area contributed by atoms with Gasteiger partial charge < -0.3 is 10.1 Å². The molecule has 0 fully saturated rings. The van der Waals surface area contributed by atoms with Crippen molar-refractivity contribution in [3.8, 4) is 5.88 Å². The smallest absolute Gasteiger partial charge is 0.258 e. The highest BCUT2D eigenvalue weighted by Gasteiger charge is 2.12. The van der Waals surface area contributed by atoms with E-state index in [9.17, 15) is 4.79 Å². The summed E-state index contributed by atoms with van der Waals surface area (Å²) in [4.78, 5) is 20.5. The van der Waals surface area contributed by atoms with Crippen molar-refractivity contribution >= 4 is 23.3 Å². The summed E-state index contributed by atoms with van der Waals surface area (Å²) in [6.45, 7) is 3.67. The van der Waals surface area contributed by atoms with Crippen LogP contribution in [-0.4, -0.2) is 26.9 Å². The van der Waals surface area contributed by atoms with E-state index in [4.69, 9.17) is 16.3 Å². The lowest BCUT2D eigenvalue weighted by molar-refractivity contribution is -0.123. The molecule has 1 amide bonds. The fourth-order valence-electron chi connectivity index (χ4n) is 2.36. The summed E-state index contributed by atoms with van der Waals surface area (Å²) in [6.07, 6.45) is 3.38. The Balaban J connectivity index is 1.62. The zero-order chi connectivity index (χ0) is 17.1. The molecule has 6 nitrogen and oxygen atoms in total. The van der Waals surface area contributed by atoms with Crippen molar-refractivity contribution in [2.24, 2.45) is 0 Å². The van der Waals surface area contributed by atoms with E-state index in [1.54, 1.807) is 35.0 Å². The number of hydrogen-bond donors (Lipinski definition) is 1. The van der Waals surface area contributed by atoms with Crippen LogP contribution in [0.15, 0.2) is 42.7 Å². The van der Waals surface area contributed by atoms with Gasteiger partial charge in [-0.25, -0.2) is 9.97 Å². The second-order valence-electron chi connectivity index (χ2n) is 5.46. The molecule has 2 aromatic heterocycles. The molecular weight excluding hydrogens is 328 g/mol. The highest BCUT2D eigenvalue weighted by molar-refractivity contribution is 6.30. The van der Waals surface area contributed by atoms with E-state index in [2.05, 4.69) is 15.3 Å². The number of aryl methyl sites for hydroxylation is 1. The molecule has 0 spiro atoms. The monoisotopic (exact) mass is 344 g/mol. The molecule has 1 atom stereocenters. The number of fused-ring (bicyclic) bond motifs is 1. The van der Waals surface area contributed by atoms with Crippen molar-refractivity contribution in [2.45, 2.75) is 19.9 Å². The van der Waals surface area contributed by atoms with Gasteiger partial charge in [0.15, 0.2) is 6.61 Å². The summed E-state index contributed by atoms with van der Waals surface area (Å²) in [5, 5.41) is 3.56. The minimum absolute atomic E-state index is 0.0886. The van der Waals surface area contributed by atoms with Gasteiger partial charge in [-0.15, -0.1) is 0 Å². The average Bonchev–Trinajstić information content (AvgIpc) is 3.01. The largest absolute Gasteiger partial charge is 0.468 e. The molecule has 0 saturated heterocycles. The van der Waals surface area contributed by atoms with Crippen molar-refractivity contribution in [1.82, 2.24) is 19.7 Å². The van der Waals surface area contributed by atoms with Crippen LogP contribution >= 0.6 is 11.6 Å². The van der Waals surface area contributed by atoms with Crippen molar-refractivity contribution in [1.29, 1.82) is 0 Å². The first-order valence-electron chi connectivity index (χ1n) is 7.51. The Labute approximate surface area is 144 Å². The molecule has 0 aliphatic rings. The van der Waals surface area contributed by atoms with Crippen molar-refractivity contribution in [3.63, 3.8) is 0 Å². The Morgan fingerprint density at radius 2 is 2.12 bits per heavy atom. The van der Waals surface area contributed by atoms with Crippen LogP contribution < -0.4 is 10.1 Å².